The third kappa shape index (κ3) is 2.77. The number of halogens is 3. The van der Waals surface area contributed by atoms with Gasteiger partial charge in [-0.3, -0.25) is 9.78 Å². The summed E-state index contributed by atoms with van der Waals surface area (Å²) in [5, 5.41) is 8.89. The summed E-state index contributed by atoms with van der Waals surface area (Å²) >= 11 is 0. The third-order valence-electron chi connectivity index (χ3n) is 1.80. The van der Waals surface area contributed by atoms with Crippen LogP contribution in [0.25, 0.3) is 0 Å². The van der Waals surface area contributed by atoms with E-state index in [0.717, 1.165) is 0 Å². The summed E-state index contributed by atoms with van der Waals surface area (Å²) in [6.45, 7) is 1.22. The van der Waals surface area contributed by atoms with Gasteiger partial charge < -0.3 is 9.84 Å². The minimum absolute atomic E-state index is 0.170. The zero-order valence-electron chi connectivity index (χ0n) is 8.59. The highest BCUT2D eigenvalue weighted by Crippen LogP contribution is 2.32. The Labute approximate surface area is 92.8 Å². The molecule has 0 aromatic carbocycles. The number of nitrogens with one attached hydrogen (secondary N) is 1. The smallest absolute Gasteiger partial charge is 0.417 e. The first-order valence-electron chi connectivity index (χ1n) is 4.48. The number of alkyl halides is 3. The van der Waals surface area contributed by atoms with Crippen molar-refractivity contribution >= 4 is 5.97 Å². The Morgan fingerprint density at radius 3 is 2.59 bits per heavy atom. The highest BCUT2D eigenvalue weighted by atomic mass is 19.4. The number of aromatic amines is 1. The Morgan fingerprint density at radius 1 is 1.53 bits per heavy atom. The zero-order chi connectivity index (χ0) is 13.2. The number of esters is 1. The van der Waals surface area contributed by atoms with E-state index in [-0.39, 0.29) is 12.7 Å². The Morgan fingerprint density at radius 2 is 2.12 bits per heavy atom. The molecule has 0 amide bonds. The first kappa shape index (κ1) is 13.1. The van der Waals surface area contributed by atoms with E-state index >= 15 is 0 Å². The van der Waals surface area contributed by atoms with Crippen LogP contribution in [0, 0.1) is 0 Å². The normalized spacial score (nSPS) is 11.3. The van der Waals surface area contributed by atoms with Crippen molar-refractivity contribution in [3.05, 3.63) is 27.5 Å². The maximum atomic E-state index is 12.5. The third-order valence-corrected chi connectivity index (χ3v) is 1.80. The molecular formula is C9H8F3NO4. The molecule has 0 radical (unpaired) electrons. The second-order valence-corrected chi connectivity index (χ2v) is 2.99. The van der Waals surface area contributed by atoms with Gasteiger partial charge in [0.05, 0.1) is 12.2 Å². The van der Waals surface area contributed by atoms with Gasteiger partial charge in [-0.05, 0) is 6.92 Å². The van der Waals surface area contributed by atoms with Gasteiger partial charge in [0.2, 0.25) is 0 Å². The lowest BCUT2D eigenvalue weighted by molar-refractivity contribution is -0.138. The van der Waals surface area contributed by atoms with Crippen LogP contribution >= 0.6 is 0 Å². The summed E-state index contributed by atoms with van der Waals surface area (Å²) in [5.74, 6) is -2.36. The molecular weight excluding hydrogens is 243 g/mol. The molecule has 0 saturated heterocycles. The standard InChI is InChI=1S/C9H8F3NO4/c1-2-17-8(16)6-4(9(10,11)12)3-5(14)13-7(6)15/h3H,2H2,1H3,(H2,13,14,15). The molecule has 0 bridgehead atoms. The molecule has 0 fully saturated rings. The van der Waals surface area contributed by atoms with E-state index in [9.17, 15) is 22.8 Å². The van der Waals surface area contributed by atoms with E-state index in [4.69, 9.17) is 5.11 Å². The van der Waals surface area contributed by atoms with Gasteiger partial charge in [-0.2, -0.15) is 13.2 Å². The predicted octanol–water partition coefficient (Wildman–Crippen LogP) is 1.28. The summed E-state index contributed by atoms with van der Waals surface area (Å²) in [4.78, 5) is 24.1. The monoisotopic (exact) mass is 251 g/mol. The Hall–Kier alpha value is -1.99. The van der Waals surface area contributed by atoms with E-state index in [1.807, 2.05) is 0 Å². The van der Waals surface area contributed by atoms with E-state index in [2.05, 4.69) is 4.74 Å². The molecule has 2 N–H and O–H groups in total. The summed E-state index contributed by atoms with van der Waals surface area (Å²) in [5.41, 5.74) is -4.05. The Balaban J connectivity index is 3.47. The van der Waals surface area contributed by atoms with Gasteiger partial charge in [-0.25, -0.2) is 4.79 Å². The fourth-order valence-electron chi connectivity index (χ4n) is 1.18. The van der Waals surface area contributed by atoms with Crippen molar-refractivity contribution in [2.45, 2.75) is 13.1 Å². The summed E-state index contributed by atoms with van der Waals surface area (Å²) < 4.78 is 42.0. The van der Waals surface area contributed by atoms with Gasteiger partial charge in [0.15, 0.2) is 5.88 Å². The van der Waals surface area contributed by atoms with E-state index in [0.29, 0.717) is 0 Å². The van der Waals surface area contributed by atoms with Crippen LogP contribution in [0.2, 0.25) is 0 Å². The van der Waals surface area contributed by atoms with Crippen LogP contribution in [0.4, 0.5) is 13.2 Å². The molecule has 0 aliphatic heterocycles. The second kappa shape index (κ2) is 4.48. The number of H-pyrrole nitrogens is 1. The number of aromatic nitrogens is 1. The van der Waals surface area contributed by atoms with Gasteiger partial charge in [-0.1, -0.05) is 0 Å². The average molecular weight is 251 g/mol. The largest absolute Gasteiger partial charge is 0.494 e. The van der Waals surface area contributed by atoms with Crippen molar-refractivity contribution in [3.8, 4) is 5.88 Å². The molecule has 94 valence electrons. The number of rotatable bonds is 2. The van der Waals surface area contributed by atoms with Crippen LogP contribution in [0.15, 0.2) is 10.9 Å². The number of aromatic hydroxyl groups is 1. The van der Waals surface area contributed by atoms with Crippen molar-refractivity contribution in [1.29, 1.82) is 0 Å². The minimum atomic E-state index is -4.94. The van der Waals surface area contributed by atoms with Crippen LogP contribution < -0.4 is 5.56 Å². The summed E-state index contributed by atoms with van der Waals surface area (Å²) in [6.07, 6.45) is -4.94. The quantitative estimate of drug-likeness (QED) is 0.776. The van der Waals surface area contributed by atoms with Crippen LogP contribution in [0.1, 0.15) is 22.8 Å². The maximum absolute atomic E-state index is 12.5. The predicted molar refractivity (Wildman–Crippen MR) is 49.7 cm³/mol. The minimum Gasteiger partial charge on any atom is -0.494 e. The summed E-state index contributed by atoms with van der Waals surface area (Å²) in [6, 6.07) is 0.258. The van der Waals surface area contributed by atoms with Gasteiger partial charge in [0, 0.05) is 6.07 Å². The number of ether oxygens (including phenoxy) is 1. The zero-order valence-corrected chi connectivity index (χ0v) is 8.59. The van der Waals surface area contributed by atoms with Crippen LogP contribution in [0.3, 0.4) is 0 Å². The highest BCUT2D eigenvalue weighted by Gasteiger charge is 2.38. The molecule has 1 aromatic heterocycles. The maximum Gasteiger partial charge on any atom is 0.417 e. The lowest BCUT2D eigenvalue weighted by Gasteiger charge is -2.11. The molecule has 17 heavy (non-hydrogen) atoms. The molecule has 0 spiro atoms. The average Bonchev–Trinajstić information content (AvgIpc) is 2.15. The van der Waals surface area contributed by atoms with Crippen LogP contribution in [0.5, 0.6) is 5.88 Å². The first-order valence-corrected chi connectivity index (χ1v) is 4.48. The van der Waals surface area contributed by atoms with Crippen molar-refractivity contribution < 1.29 is 27.8 Å². The van der Waals surface area contributed by atoms with E-state index in [1.54, 1.807) is 4.98 Å². The number of pyridine rings is 1. The van der Waals surface area contributed by atoms with Gasteiger partial charge in [0.1, 0.15) is 5.56 Å². The highest BCUT2D eigenvalue weighted by molar-refractivity contribution is 5.91. The fraction of sp³-hybridized carbons (Fsp3) is 0.333. The summed E-state index contributed by atoms with van der Waals surface area (Å²) in [7, 11) is 0. The van der Waals surface area contributed by atoms with Crippen molar-refractivity contribution in [2.24, 2.45) is 0 Å². The lowest BCUT2D eigenvalue weighted by Crippen LogP contribution is -2.25. The number of carbonyl (C=O) groups excluding carboxylic acids is 1. The van der Waals surface area contributed by atoms with E-state index < -0.39 is 34.7 Å². The SMILES string of the molecule is CCOC(=O)c1c(C(F)(F)F)cc(O)[nH]c1=O. The first-order chi connectivity index (χ1) is 7.77. The van der Waals surface area contributed by atoms with Gasteiger partial charge >= 0.3 is 12.1 Å². The topological polar surface area (TPSA) is 79.4 Å². The molecule has 8 heteroatoms. The molecule has 0 aliphatic carbocycles. The lowest BCUT2D eigenvalue weighted by atomic mass is 10.1. The van der Waals surface area contributed by atoms with Crippen molar-refractivity contribution in [2.75, 3.05) is 6.61 Å². The number of hydrogen-bond donors (Lipinski definition) is 2. The van der Waals surface area contributed by atoms with Gasteiger partial charge in [-0.15, -0.1) is 0 Å². The molecule has 1 heterocycles. The molecule has 1 rings (SSSR count). The fourth-order valence-corrected chi connectivity index (χ4v) is 1.18. The molecule has 0 atom stereocenters. The molecule has 5 nitrogen and oxygen atoms in total. The Kier molecular flexibility index (Phi) is 3.45. The molecule has 0 aliphatic rings. The number of carbonyl (C=O) groups is 1. The number of hydrogen-bond acceptors (Lipinski definition) is 4. The van der Waals surface area contributed by atoms with Crippen LogP contribution in [-0.4, -0.2) is 22.7 Å². The van der Waals surface area contributed by atoms with Gasteiger partial charge in [0.25, 0.3) is 5.56 Å². The molecule has 0 saturated carbocycles. The van der Waals surface area contributed by atoms with E-state index in [1.165, 1.54) is 6.92 Å². The van der Waals surface area contributed by atoms with Crippen LogP contribution in [-0.2, 0) is 10.9 Å². The molecule has 1 aromatic rings. The second-order valence-electron chi connectivity index (χ2n) is 2.99. The molecule has 0 unspecified atom stereocenters. The van der Waals surface area contributed by atoms with Crippen molar-refractivity contribution in [3.63, 3.8) is 0 Å². The van der Waals surface area contributed by atoms with Crippen molar-refractivity contribution in [1.82, 2.24) is 4.98 Å². The Bertz CT molecular complexity index is 492.